The summed E-state index contributed by atoms with van der Waals surface area (Å²) in [6.07, 6.45) is 3.25. The van der Waals surface area contributed by atoms with Crippen LogP contribution in [0.1, 0.15) is 21.5 Å². The number of carbonyl (C=O) groups is 1. The molecule has 82 valence electrons. The summed E-state index contributed by atoms with van der Waals surface area (Å²) in [7, 11) is 0. The van der Waals surface area contributed by atoms with Crippen LogP contribution in [0.5, 0.6) is 0 Å². The van der Waals surface area contributed by atoms with Crippen LogP contribution < -0.4 is 0 Å². The van der Waals surface area contributed by atoms with Gasteiger partial charge in [-0.25, -0.2) is 4.79 Å². The number of benzene rings is 1. The molecule has 16 heavy (non-hydrogen) atoms. The summed E-state index contributed by atoms with van der Waals surface area (Å²) in [5.74, 6) is -0.904. The first kappa shape index (κ1) is 10.5. The quantitative estimate of drug-likeness (QED) is 0.809. The van der Waals surface area contributed by atoms with Crippen molar-refractivity contribution in [3.8, 4) is 11.1 Å². The molecule has 0 saturated carbocycles. The minimum Gasteiger partial charge on any atom is -0.478 e. The first-order chi connectivity index (χ1) is 7.61. The number of carboxylic acid groups (broad SMARTS) is 1. The Kier molecular flexibility index (Phi) is 2.52. The summed E-state index contributed by atoms with van der Waals surface area (Å²) in [6.45, 7) is 3.97. The highest BCUT2D eigenvalue weighted by Crippen LogP contribution is 2.29. The Bertz CT molecular complexity index is 520. The summed E-state index contributed by atoms with van der Waals surface area (Å²) < 4.78 is 0. The SMILES string of the molecule is Cc1cccc(C)c1-c1c[nH]cc1C(=O)O. The van der Waals surface area contributed by atoms with Gasteiger partial charge < -0.3 is 10.1 Å². The van der Waals surface area contributed by atoms with E-state index in [1.807, 2.05) is 32.0 Å². The first-order valence-corrected chi connectivity index (χ1v) is 5.08. The molecular weight excluding hydrogens is 202 g/mol. The van der Waals surface area contributed by atoms with Crippen LogP contribution in [0, 0.1) is 13.8 Å². The summed E-state index contributed by atoms with van der Waals surface area (Å²) in [5.41, 5.74) is 4.24. The molecule has 0 amide bonds. The molecule has 0 aliphatic carbocycles. The first-order valence-electron chi connectivity index (χ1n) is 5.08. The zero-order chi connectivity index (χ0) is 11.7. The van der Waals surface area contributed by atoms with E-state index in [0.717, 1.165) is 22.3 Å². The van der Waals surface area contributed by atoms with E-state index in [-0.39, 0.29) is 0 Å². The minimum absolute atomic E-state index is 0.317. The molecule has 3 heteroatoms. The molecule has 2 aromatic rings. The highest BCUT2D eigenvalue weighted by atomic mass is 16.4. The van der Waals surface area contributed by atoms with E-state index in [2.05, 4.69) is 4.98 Å². The van der Waals surface area contributed by atoms with Gasteiger partial charge in [-0.05, 0) is 30.5 Å². The fraction of sp³-hybridized carbons (Fsp3) is 0.154. The van der Waals surface area contributed by atoms with Crippen molar-refractivity contribution >= 4 is 5.97 Å². The number of hydrogen-bond donors (Lipinski definition) is 2. The lowest BCUT2D eigenvalue weighted by molar-refractivity contribution is 0.0698. The van der Waals surface area contributed by atoms with Gasteiger partial charge in [0.2, 0.25) is 0 Å². The van der Waals surface area contributed by atoms with Crippen LogP contribution in [-0.2, 0) is 0 Å². The molecule has 0 fully saturated rings. The van der Waals surface area contributed by atoms with E-state index >= 15 is 0 Å². The lowest BCUT2D eigenvalue weighted by Crippen LogP contribution is -1.97. The van der Waals surface area contributed by atoms with Crippen LogP contribution in [0.25, 0.3) is 11.1 Å². The molecule has 0 atom stereocenters. The second-order valence-electron chi connectivity index (χ2n) is 3.85. The number of nitrogens with one attached hydrogen (secondary N) is 1. The number of aromatic carboxylic acids is 1. The Balaban J connectivity index is 2.68. The Morgan fingerprint density at radius 3 is 2.38 bits per heavy atom. The van der Waals surface area contributed by atoms with Gasteiger partial charge in [-0.2, -0.15) is 0 Å². The molecule has 3 nitrogen and oxygen atoms in total. The number of aromatic amines is 1. The fourth-order valence-corrected chi connectivity index (χ4v) is 1.99. The van der Waals surface area contributed by atoms with E-state index < -0.39 is 5.97 Å². The molecule has 1 aromatic carbocycles. The van der Waals surface area contributed by atoms with Crippen molar-refractivity contribution < 1.29 is 9.90 Å². The van der Waals surface area contributed by atoms with Crippen molar-refractivity contribution in [1.29, 1.82) is 0 Å². The molecule has 0 saturated heterocycles. The van der Waals surface area contributed by atoms with Crippen molar-refractivity contribution in [3.63, 3.8) is 0 Å². The molecule has 0 unspecified atom stereocenters. The third kappa shape index (κ3) is 1.60. The van der Waals surface area contributed by atoms with Gasteiger partial charge in [0, 0.05) is 18.0 Å². The van der Waals surface area contributed by atoms with Crippen molar-refractivity contribution in [2.45, 2.75) is 13.8 Å². The molecule has 0 radical (unpaired) electrons. The lowest BCUT2D eigenvalue weighted by Gasteiger charge is -2.08. The molecular formula is C13H13NO2. The smallest absolute Gasteiger partial charge is 0.337 e. The van der Waals surface area contributed by atoms with Gasteiger partial charge in [-0.15, -0.1) is 0 Å². The topological polar surface area (TPSA) is 53.1 Å². The van der Waals surface area contributed by atoms with E-state index in [9.17, 15) is 4.79 Å². The van der Waals surface area contributed by atoms with Gasteiger partial charge in [0.15, 0.2) is 0 Å². The van der Waals surface area contributed by atoms with Gasteiger partial charge in [0.1, 0.15) is 0 Å². The number of aryl methyl sites for hydroxylation is 2. The van der Waals surface area contributed by atoms with Crippen LogP contribution in [0.3, 0.4) is 0 Å². The highest BCUT2D eigenvalue weighted by molar-refractivity contribution is 5.96. The highest BCUT2D eigenvalue weighted by Gasteiger charge is 2.15. The van der Waals surface area contributed by atoms with E-state index in [0.29, 0.717) is 5.56 Å². The maximum absolute atomic E-state index is 11.1. The third-order valence-electron chi connectivity index (χ3n) is 2.73. The number of aromatic nitrogens is 1. The summed E-state index contributed by atoms with van der Waals surface area (Å²) in [6, 6.07) is 5.95. The van der Waals surface area contributed by atoms with E-state index in [1.165, 1.54) is 6.20 Å². The Morgan fingerprint density at radius 2 is 1.81 bits per heavy atom. The van der Waals surface area contributed by atoms with Gasteiger partial charge >= 0.3 is 5.97 Å². The predicted molar refractivity (Wildman–Crippen MR) is 62.7 cm³/mol. The molecule has 1 heterocycles. The van der Waals surface area contributed by atoms with Crippen molar-refractivity contribution in [1.82, 2.24) is 4.98 Å². The Morgan fingerprint density at radius 1 is 1.19 bits per heavy atom. The number of rotatable bonds is 2. The molecule has 0 aliphatic rings. The second kappa shape index (κ2) is 3.85. The maximum atomic E-state index is 11.1. The number of H-pyrrole nitrogens is 1. The zero-order valence-electron chi connectivity index (χ0n) is 9.24. The monoisotopic (exact) mass is 215 g/mol. The standard InChI is InChI=1S/C13H13NO2/c1-8-4-3-5-9(2)12(8)10-6-14-7-11(10)13(15)16/h3-7,14H,1-2H3,(H,15,16). The number of carboxylic acids is 1. The zero-order valence-corrected chi connectivity index (χ0v) is 9.24. The third-order valence-corrected chi connectivity index (χ3v) is 2.73. The molecule has 0 aliphatic heterocycles. The van der Waals surface area contributed by atoms with Crippen molar-refractivity contribution in [3.05, 3.63) is 47.3 Å². The van der Waals surface area contributed by atoms with Gasteiger partial charge in [0.25, 0.3) is 0 Å². The van der Waals surface area contributed by atoms with Gasteiger partial charge in [-0.3, -0.25) is 0 Å². The minimum atomic E-state index is -0.904. The normalized spacial score (nSPS) is 10.4. The van der Waals surface area contributed by atoms with Crippen LogP contribution in [0.4, 0.5) is 0 Å². The van der Waals surface area contributed by atoms with Crippen molar-refractivity contribution in [2.75, 3.05) is 0 Å². The van der Waals surface area contributed by atoms with E-state index in [4.69, 9.17) is 5.11 Å². The van der Waals surface area contributed by atoms with Gasteiger partial charge in [-0.1, -0.05) is 18.2 Å². The van der Waals surface area contributed by atoms with Crippen LogP contribution in [0.15, 0.2) is 30.6 Å². The largest absolute Gasteiger partial charge is 0.478 e. The summed E-state index contributed by atoms with van der Waals surface area (Å²) in [4.78, 5) is 13.9. The van der Waals surface area contributed by atoms with Gasteiger partial charge in [0.05, 0.1) is 5.56 Å². The molecule has 1 aromatic heterocycles. The predicted octanol–water partition coefficient (Wildman–Crippen LogP) is 3.00. The second-order valence-corrected chi connectivity index (χ2v) is 3.85. The Hall–Kier alpha value is -2.03. The van der Waals surface area contributed by atoms with Crippen LogP contribution >= 0.6 is 0 Å². The summed E-state index contributed by atoms with van der Waals surface area (Å²) >= 11 is 0. The van der Waals surface area contributed by atoms with Crippen LogP contribution in [0.2, 0.25) is 0 Å². The fourth-order valence-electron chi connectivity index (χ4n) is 1.99. The maximum Gasteiger partial charge on any atom is 0.337 e. The lowest BCUT2D eigenvalue weighted by atomic mass is 9.95. The number of hydrogen-bond acceptors (Lipinski definition) is 1. The average Bonchev–Trinajstić information content (AvgIpc) is 2.66. The molecule has 0 bridgehead atoms. The summed E-state index contributed by atoms with van der Waals surface area (Å²) in [5, 5.41) is 9.08. The van der Waals surface area contributed by atoms with Crippen molar-refractivity contribution in [2.24, 2.45) is 0 Å². The van der Waals surface area contributed by atoms with Crippen LogP contribution in [-0.4, -0.2) is 16.1 Å². The Labute approximate surface area is 93.7 Å². The molecule has 2 rings (SSSR count). The average molecular weight is 215 g/mol. The molecule has 0 spiro atoms. The molecule has 2 N–H and O–H groups in total. The van der Waals surface area contributed by atoms with E-state index in [1.54, 1.807) is 6.20 Å².